The number of hydrogen-bond donors (Lipinski definition) is 3. The van der Waals surface area contributed by atoms with Gasteiger partial charge in [0.15, 0.2) is 5.84 Å². The first-order valence-electron chi connectivity index (χ1n) is 4.43. The van der Waals surface area contributed by atoms with Crippen molar-refractivity contribution in [3.63, 3.8) is 0 Å². The van der Waals surface area contributed by atoms with E-state index in [-0.39, 0.29) is 24.3 Å². The van der Waals surface area contributed by atoms with Gasteiger partial charge in [-0.1, -0.05) is 12.1 Å². The Bertz CT molecular complexity index is 215. The second kappa shape index (κ2) is 6.20. The van der Waals surface area contributed by atoms with Crippen LogP contribution < -0.4 is 11.1 Å². The van der Waals surface area contributed by atoms with Crippen molar-refractivity contribution in [1.82, 2.24) is 10.2 Å². The number of rotatable bonds is 5. The fourth-order valence-electron chi connectivity index (χ4n) is 0.896. The summed E-state index contributed by atoms with van der Waals surface area (Å²) in [5, 5.41) is 14.2. The van der Waals surface area contributed by atoms with Crippen molar-refractivity contribution in [2.75, 3.05) is 20.6 Å². The van der Waals surface area contributed by atoms with Gasteiger partial charge in [0.25, 0.3) is 0 Å². The predicted octanol–water partition coefficient (Wildman–Crippen LogP) is -0.811. The highest BCUT2D eigenvalue weighted by atomic mass is 16.4. The van der Waals surface area contributed by atoms with Gasteiger partial charge in [0, 0.05) is 14.1 Å². The van der Waals surface area contributed by atoms with Gasteiger partial charge in [-0.2, -0.15) is 0 Å². The molecule has 6 heteroatoms. The van der Waals surface area contributed by atoms with Gasteiger partial charge in [0.05, 0.1) is 12.6 Å². The van der Waals surface area contributed by atoms with Crippen LogP contribution in [0.1, 0.15) is 13.3 Å². The van der Waals surface area contributed by atoms with Crippen LogP contribution >= 0.6 is 0 Å². The number of likely N-dealkylation sites (N-methyl/N-ethyl adjacent to an activating group) is 1. The lowest BCUT2D eigenvalue weighted by atomic mass is 10.2. The van der Waals surface area contributed by atoms with Gasteiger partial charge in [-0.25, -0.2) is 0 Å². The molecule has 1 amide bonds. The molecule has 1 atom stereocenters. The maximum Gasteiger partial charge on any atom is 0.236 e. The number of amidine groups is 1. The minimum absolute atomic E-state index is 0.0470. The van der Waals surface area contributed by atoms with Gasteiger partial charge >= 0.3 is 0 Å². The van der Waals surface area contributed by atoms with Crippen molar-refractivity contribution >= 4 is 11.7 Å². The van der Waals surface area contributed by atoms with Crippen molar-refractivity contribution in [3.05, 3.63) is 0 Å². The molecule has 0 fully saturated rings. The SMILES string of the molecule is CCC(NCC(=O)N(C)C)C(N)=NO. The lowest BCUT2D eigenvalue weighted by Gasteiger charge is -2.16. The lowest BCUT2D eigenvalue weighted by molar-refractivity contribution is -0.127. The van der Waals surface area contributed by atoms with Crippen LogP contribution in [-0.4, -0.2) is 48.5 Å². The Balaban J connectivity index is 4.03. The van der Waals surface area contributed by atoms with Gasteiger partial charge in [0.2, 0.25) is 5.91 Å². The second-order valence-corrected chi connectivity index (χ2v) is 3.15. The van der Waals surface area contributed by atoms with Crippen LogP contribution in [0, 0.1) is 0 Å². The summed E-state index contributed by atoms with van der Waals surface area (Å²) in [7, 11) is 3.35. The van der Waals surface area contributed by atoms with E-state index in [4.69, 9.17) is 10.9 Å². The summed E-state index contributed by atoms with van der Waals surface area (Å²) in [5.41, 5.74) is 5.40. The lowest BCUT2D eigenvalue weighted by Crippen LogP contribution is -2.45. The smallest absolute Gasteiger partial charge is 0.236 e. The third-order valence-electron chi connectivity index (χ3n) is 1.88. The molecule has 0 spiro atoms. The summed E-state index contributed by atoms with van der Waals surface area (Å²) in [6.45, 7) is 2.07. The van der Waals surface area contributed by atoms with Crippen LogP contribution in [0.2, 0.25) is 0 Å². The summed E-state index contributed by atoms with van der Waals surface area (Å²) < 4.78 is 0. The zero-order valence-electron chi connectivity index (χ0n) is 8.82. The number of nitrogens with zero attached hydrogens (tertiary/aromatic N) is 2. The monoisotopic (exact) mass is 202 g/mol. The predicted molar refractivity (Wildman–Crippen MR) is 54.2 cm³/mol. The Morgan fingerprint density at radius 2 is 2.21 bits per heavy atom. The van der Waals surface area contributed by atoms with Crippen LogP contribution in [0.15, 0.2) is 5.16 Å². The molecular weight excluding hydrogens is 184 g/mol. The van der Waals surface area contributed by atoms with Crippen molar-refractivity contribution in [1.29, 1.82) is 0 Å². The molecule has 0 saturated heterocycles. The average molecular weight is 202 g/mol. The van der Waals surface area contributed by atoms with E-state index in [0.717, 1.165) is 0 Å². The van der Waals surface area contributed by atoms with Crippen molar-refractivity contribution in [2.45, 2.75) is 19.4 Å². The molecule has 0 saturated carbocycles. The molecule has 14 heavy (non-hydrogen) atoms. The van der Waals surface area contributed by atoms with E-state index in [1.54, 1.807) is 14.1 Å². The number of nitrogens with one attached hydrogen (secondary N) is 1. The first-order valence-corrected chi connectivity index (χ1v) is 4.43. The van der Waals surface area contributed by atoms with Crippen LogP contribution in [0.25, 0.3) is 0 Å². The number of hydrogen-bond acceptors (Lipinski definition) is 4. The van der Waals surface area contributed by atoms with E-state index in [1.807, 2.05) is 6.92 Å². The normalized spacial score (nSPS) is 13.8. The van der Waals surface area contributed by atoms with Gasteiger partial charge in [0.1, 0.15) is 0 Å². The van der Waals surface area contributed by atoms with Crippen LogP contribution in [0.4, 0.5) is 0 Å². The molecular formula is C8H18N4O2. The number of amides is 1. The highest BCUT2D eigenvalue weighted by Crippen LogP contribution is 1.90. The molecule has 1 unspecified atom stereocenters. The Kier molecular flexibility index (Phi) is 5.62. The van der Waals surface area contributed by atoms with Crippen molar-refractivity contribution in [3.8, 4) is 0 Å². The average Bonchev–Trinajstić information content (AvgIpc) is 2.17. The largest absolute Gasteiger partial charge is 0.409 e. The standard InChI is InChI=1S/C8H18N4O2/c1-4-6(8(9)11-14)10-5-7(13)12(2)3/h6,10,14H,4-5H2,1-3H3,(H2,9,11). The molecule has 0 aromatic carbocycles. The van der Waals surface area contributed by atoms with Crippen LogP contribution in [-0.2, 0) is 4.79 Å². The summed E-state index contributed by atoms with van der Waals surface area (Å²) >= 11 is 0. The summed E-state index contributed by atoms with van der Waals surface area (Å²) in [6, 6.07) is -0.260. The second-order valence-electron chi connectivity index (χ2n) is 3.15. The Morgan fingerprint density at radius 3 is 2.57 bits per heavy atom. The van der Waals surface area contributed by atoms with E-state index >= 15 is 0 Å². The maximum atomic E-state index is 11.2. The molecule has 0 radical (unpaired) electrons. The van der Waals surface area contributed by atoms with Gasteiger partial charge in [-0.3, -0.25) is 10.1 Å². The highest BCUT2D eigenvalue weighted by Gasteiger charge is 2.13. The van der Waals surface area contributed by atoms with Crippen LogP contribution in [0.3, 0.4) is 0 Å². The topological polar surface area (TPSA) is 91.0 Å². The fraction of sp³-hybridized carbons (Fsp3) is 0.750. The zero-order valence-corrected chi connectivity index (χ0v) is 8.82. The van der Waals surface area contributed by atoms with E-state index in [9.17, 15) is 4.79 Å². The first-order chi connectivity index (χ1) is 6.52. The molecule has 0 aliphatic rings. The summed E-state index contributed by atoms with van der Waals surface area (Å²) in [4.78, 5) is 12.7. The number of carbonyl (C=O) groups excluding carboxylic acids is 1. The molecule has 82 valence electrons. The minimum Gasteiger partial charge on any atom is -0.409 e. The maximum absolute atomic E-state index is 11.2. The first kappa shape index (κ1) is 12.7. The third kappa shape index (κ3) is 4.08. The number of nitrogens with two attached hydrogens (primary N) is 1. The quantitative estimate of drug-likeness (QED) is 0.235. The third-order valence-corrected chi connectivity index (χ3v) is 1.88. The molecule has 0 aliphatic carbocycles. The van der Waals surface area contributed by atoms with Gasteiger partial charge < -0.3 is 15.8 Å². The van der Waals surface area contributed by atoms with Gasteiger partial charge in [-0.15, -0.1) is 0 Å². The van der Waals surface area contributed by atoms with Crippen LogP contribution in [0.5, 0.6) is 0 Å². The Hall–Kier alpha value is -1.30. The fourth-order valence-corrected chi connectivity index (χ4v) is 0.896. The Morgan fingerprint density at radius 1 is 1.64 bits per heavy atom. The summed E-state index contributed by atoms with van der Waals surface area (Å²) in [5.74, 6) is 0.0493. The van der Waals surface area contributed by atoms with E-state index in [1.165, 1.54) is 4.90 Å². The molecule has 0 rings (SSSR count). The molecule has 0 bridgehead atoms. The number of carbonyl (C=O) groups is 1. The molecule has 4 N–H and O–H groups in total. The van der Waals surface area contributed by atoms with E-state index < -0.39 is 0 Å². The highest BCUT2D eigenvalue weighted by molar-refractivity contribution is 5.86. The molecule has 0 heterocycles. The molecule has 0 aliphatic heterocycles. The zero-order chi connectivity index (χ0) is 11.1. The number of oxime groups is 1. The van der Waals surface area contributed by atoms with Gasteiger partial charge in [-0.05, 0) is 6.42 Å². The van der Waals surface area contributed by atoms with E-state index in [0.29, 0.717) is 6.42 Å². The molecule has 0 aromatic rings. The van der Waals surface area contributed by atoms with Crippen molar-refractivity contribution in [2.24, 2.45) is 10.9 Å². The van der Waals surface area contributed by atoms with E-state index in [2.05, 4.69) is 10.5 Å². The molecule has 0 aromatic heterocycles. The molecule has 6 nitrogen and oxygen atoms in total. The van der Waals surface area contributed by atoms with Crippen molar-refractivity contribution < 1.29 is 10.0 Å². The minimum atomic E-state index is -0.260. The summed E-state index contributed by atoms with van der Waals surface area (Å²) in [6.07, 6.45) is 0.663. The Labute approximate surface area is 83.7 Å².